The molecule has 1 unspecified atom stereocenters. The number of pyridine rings is 1. The zero-order chi connectivity index (χ0) is 24.4. The van der Waals surface area contributed by atoms with Crippen LogP contribution in [-0.2, 0) is 4.74 Å². The number of benzene rings is 1. The third-order valence-corrected chi connectivity index (χ3v) is 5.75. The first-order chi connectivity index (χ1) is 17.1. The lowest BCUT2D eigenvalue weighted by molar-refractivity contribution is -0.615. The van der Waals surface area contributed by atoms with Crippen LogP contribution < -0.4 is 4.73 Å². The normalized spacial score (nSPS) is 12.2. The third-order valence-electron chi connectivity index (χ3n) is 5.46. The predicted molar refractivity (Wildman–Crippen MR) is 120 cm³/mol. The topological polar surface area (TPSA) is 128 Å². The Morgan fingerprint density at radius 1 is 1.14 bits per heavy atom. The highest BCUT2D eigenvalue weighted by atomic mass is 35.5. The van der Waals surface area contributed by atoms with Gasteiger partial charge in [-0.15, -0.1) is 15.3 Å². The molecule has 0 aliphatic carbocycles. The molecule has 0 aliphatic rings. The smallest absolute Gasteiger partial charge is 0.217 e. The van der Waals surface area contributed by atoms with Crippen LogP contribution in [0.5, 0.6) is 0 Å². The lowest BCUT2D eigenvalue weighted by Crippen LogP contribution is -2.36. The number of hydrogen-bond donors (Lipinski definition) is 0. The fraction of sp³-hybridized carbons (Fsp3) is 0.190. The number of nitrogens with zero attached hydrogens (tertiary/aromatic N) is 10. The molecule has 14 heteroatoms. The lowest BCUT2D eigenvalue weighted by atomic mass is 10.0. The van der Waals surface area contributed by atoms with Gasteiger partial charge in [-0.2, -0.15) is 14.5 Å². The largest absolute Gasteiger partial charge is 0.618 e. The molecule has 0 saturated heterocycles. The molecule has 178 valence electrons. The molecule has 1 aromatic carbocycles. The number of aromatic nitrogens is 10. The van der Waals surface area contributed by atoms with Gasteiger partial charge in [-0.1, -0.05) is 11.6 Å². The molecule has 0 fully saturated rings. The molecule has 0 bridgehead atoms. The van der Waals surface area contributed by atoms with Crippen LogP contribution in [0, 0.1) is 11.0 Å². The molecule has 0 aliphatic heterocycles. The molecule has 0 amide bonds. The van der Waals surface area contributed by atoms with Crippen LogP contribution in [0.15, 0.2) is 61.8 Å². The van der Waals surface area contributed by atoms with E-state index in [1.165, 1.54) is 23.3 Å². The van der Waals surface area contributed by atoms with Crippen LogP contribution in [0.4, 0.5) is 4.39 Å². The average Bonchev–Trinajstić information content (AvgIpc) is 3.64. The van der Waals surface area contributed by atoms with Crippen LogP contribution in [0.3, 0.4) is 0 Å². The maximum absolute atomic E-state index is 15.1. The molecule has 5 aromatic rings. The summed E-state index contributed by atoms with van der Waals surface area (Å²) in [4.78, 5) is 0. The number of hydrogen-bond acceptors (Lipinski definition) is 8. The second kappa shape index (κ2) is 9.56. The molecule has 35 heavy (non-hydrogen) atoms. The van der Waals surface area contributed by atoms with Crippen molar-refractivity contribution >= 4 is 11.6 Å². The van der Waals surface area contributed by atoms with E-state index in [-0.39, 0.29) is 10.6 Å². The van der Waals surface area contributed by atoms with Crippen molar-refractivity contribution in [3.05, 3.63) is 83.6 Å². The maximum Gasteiger partial charge on any atom is 0.217 e. The van der Waals surface area contributed by atoms with Crippen LogP contribution in [0.25, 0.3) is 22.5 Å². The Labute approximate surface area is 202 Å². The van der Waals surface area contributed by atoms with Crippen molar-refractivity contribution in [2.24, 2.45) is 0 Å². The summed E-state index contributed by atoms with van der Waals surface area (Å²) in [6.07, 6.45) is 9.63. The van der Waals surface area contributed by atoms with Gasteiger partial charge in [0.05, 0.1) is 39.9 Å². The van der Waals surface area contributed by atoms with Gasteiger partial charge in [0.25, 0.3) is 0 Å². The SMILES string of the molecule is COCCC(c1ccc(-c2c(-n3cnnn3)ccc(Cl)c2F)c[n+]1[O-])n1cc(-n2cnnc2)cn1. The van der Waals surface area contributed by atoms with Crippen LogP contribution >= 0.6 is 11.6 Å². The first kappa shape index (κ1) is 22.6. The van der Waals surface area contributed by atoms with Crippen molar-refractivity contribution in [1.29, 1.82) is 0 Å². The van der Waals surface area contributed by atoms with Gasteiger partial charge in [-0.25, -0.2) is 4.39 Å². The molecule has 12 nitrogen and oxygen atoms in total. The molecule has 0 radical (unpaired) electrons. The molecule has 5 rings (SSSR count). The molecular formula is C21H18ClFN10O2. The second-order valence-corrected chi connectivity index (χ2v) is 7.93. The molecule has 1 atom stereocenters. The number of rotatable bonds is 8. The molecule has 0 spiro atoms. The number of halogens is 2. The summed E-state index contributed by atoms with van der Waals surface area (Å²) in [5.74, 6) is -0.686. The minimum atomic E-state index is -0.686. The van der Waals surface area contributed by atoms with E-state index in [1.807, 2.05) is 0 Å². The summed E-state index contributed by atoms with van der Waals surface area (Å²) < 4.78 is 25.7. The van der Waals surface area contributed by atoms with E-state index < -0.39 is 11.9 Å². The fourth-order valence-electron chi connectivity index (χ4n) is 3.79. The van der Waals surface area contributed by atoms with E-state index in [9.17, 15) is 5.21 Å². The van der Waals surface area contributed by atoms with Crippen LogP contribution in [0.2, 0.25) is 5.02 Å². The number of ether oxygens (including phenoxy) is 1. The maximum atomic E-state index is 15.1. The van der Waals surface area contributed by atoms with Gasteiger partial charge in [-0.3, -0.25) is 9.25 Å². The standard InChI is InChI=1S/C21H18ClFN10O2/c1-35-7-6-17(31-10-15(8-27-31)30-11-24-25-12-30)18-4-2-14(9-33(18)34)20-19(32-13-26-28-29-32)5-3-16(22)21(20)23/h2-5,8-13,17H,6-7H2,1H3. The molecule has 4 aromatic heterocycles. The summed E-state index contributed by atoms with van der Waals surface area (Å²) in [6.45, 7) is 0.389. The van der Waals surface area contributed by atoms with Crippen molar-refractivity contribution in [3.63, 3.8) is 0 Å². The Kier molecular flexibility index (Phi) is 6.16. The van der Waals surface area contributed by atoms with Crippen molar-refractivity contribution in [3.8, 4) is 22.5 Å². The van der Waals surface area contributed by atoms with E-state index in [0.717, 1.165) is 5.69 Å². The fourth-order valence-corrected chi connectivity index (χ4v) is 3.94. The summed E-state index contributed by atoms with van der Waals surface area (Å²) >= 11 is 6.04. The van der Waals surface area contributed by atoms with Gasteiger partial charge >= 0.3 is 0 Å². The zero-order valence-corrected chi connectivity index (χ0v) is 19.1. The van der Waals surface area contributed by atoms with Gasteiger partial charge in [0, 0.05) is 26.2 Å². The average molecular weight is 497 g/mol. The summed E-state index contributed by atoms with van der Waals surface area (Å²) in [7, 11) is 1.58. The van der Waals surface area contributed by atoms with E-state index in [4.69, 9.17) is 16.3 Å². The Balaban J connectivity index is 1.56. The second-order valence-electron chi connectivity index (χ2n) is 7.52. The predicted octanol–water partition coefficient (Wildman–Crippen LogP) is 2.16. The Bertz CT molecular complexity index is 1440. The van der Waals surface area contributed by atoms with E-state index >= 15 is 4.39 Å². The van der Waals surface area contributed by atoms with Gasteiger partial charge < -0.3 is 9.94 Å². The number of methoxy groups -OCH3 is 1. The number of tetrazole rings is 1. The van der Waals surface area contributed by atoms with Crippen molar-refractivity contribution in [2.75, 3.05) is 13.7 Å². The van der Waals surface area contributed by atoms with Gasteiger partial charge in [0.2, 0.25) is 5.69 Å². The Hall–Kier alpha value is -4.23. The quantitative estimate of drug-likeness (QED) is 0.236. The first-order valence-electron chi connectivity index (χ1n) is 10.4. The molecule has 0 N–H and O–H groups in total. The van der Waals surface area contributed by atoms with Crippen molar-refractivity contribution in [1.82, 2.24) is 44.8 Å². The lowest BCUT2D eigenvalue weighted by Gasteiger charge is -2.18. The molecule has 4 heterocycles. The van der Waals surface area contributed by atoms with Gasteiger partial charge in [-0.05, 0) is 28.6 Å². The highest BCUT2D eigenvalue weighted by Gasteiger charge is 2.25. The van der Waals surface area contributed by atoms with Gasteiger partial charge in [0.15, 0.2) is 12.0 Å². The monoisotopic (exact) mass is 496 g/mol. The molecule has 0 saturated carbocycles. The summed E-state index contributed by atoms with van der Waals surface area (Å²) in [5, 5.41) is 36.2. The third kappa shape index (κ3) is 4.34. The van der Waals surface area contributed by atoms with Crippen molar-refractivity contribution in [2.45, 2.75) is 12.5 Å². The van der Waals surface area contributed by atoms with E-state index in [0.29, 0.717) is 34.7 Å². The van der Waals surface area contributed by atoms with Crippen molar-refractivity contribution < 1.29 is 13.9 Å². The van der Waals surface area contributed by atoms with E-state index in [2.05, 4.69) is 30.8 Å². The first-order valence-corrected chi connectivity index (χ1v) is 10.8. The summed E-state index contributed by atoms with van der Waals surface area (Å²) in [6, 6.07) is 5.82. The Morgan fingerprint density at radius 3 is 2.69 bits per heavy atom. The van der Waals surface area contributed by atoms with Crippen LogP contribution in [-0.4, -0.2) is 58.5 Å². The minimum absolute atomic E-state index is 0.0885. The highest BCUT2D eigenvalue weighted by Crippen LogP contribution is 2.33. The summed E-state index contributed by atoms with van der Waals surface area (Å²) in [5.41, 5.74) is 1.88. The van der Waals surface area contributed by atoms with E-state index in [1.54, 1.807) is 59.6 Å². The minimum Gasteiger partial charge on any atom is -0.618 e. The van der Waals surface area contributed by atoms with Crippen LogP contribution in [0.1, 0.15) is 18.2 Å². The Morgan fingerprint density at radius 2 is 1.97 bits per heavy atom. The zero-order valence-electron chi connectivity index (χ0n) is 18.3. The molecular weight excluding hydrogens is 479 g/mol. The van der Waals surface area contributed by atoms with Gasteiger partial charge in [0.1, 0.15) is 25.0 Å². The highest BCUT2D eigenvalue weighted by molar-refractivity contribution is 6.31.